The van der Waals surface area contributed by atoms with Gasteiger partial charge in [-0.05, 0) is 50.6 Å². The number of hydrogen-bond acceptors (Lipinski definition) is 5. The van der Waals surface area contributed by atoms with Crippen molar-refractivity contribution in [3.63, 3.8) is 0 Å². The van der Waals surface area contributed by atoms with E-state index in [0.717, 1.165) is 63.9 Å². The van der Waals surface area contributed by atoms with Gasteiger partial charge >= 0.3 is 0 Å². The Labute approximate surface area is 190 Å². The van der Waals surface area contributed by atoms with E-state index < -0.39 is 0 Å². The van der Waals surface area contributed by atoms with E-state index in [0.29, 0.717) is 5.92 Å². The molecule has 2 saturated heterocycles. The molecule has 2 fully saturated rings. The predicted octanol–water partition coefficient (Wildman–Crippen LogP) is 3.50. The van der Waals surface area contributed by atoms with Crippen LogP contribution in [0, 0.1) is 5.92 Å². The second-order valence-corrected chi connectivity index (χ2v) is 9.06. The summed E-state index contributed by atoms with van der Waals surface area (Å²) in [5.41, 5.74) is 3.61. The topological polar surface area (TPSA) is 42.2 Å². The number of nitrogens with zero attached hydrogens (tertiary/aromatic N) is 4. The second kappa shape index (κ2) is 10.5. The fraction of sp³-hybridized carbons (Fsp3) is 0.500. The van der Waals surface area contributed by atoms with E-state index in [9.17, 15) is 0 Å². The van der Waals surface area contributed by atoms with Gasteiger partial charge in [0.25, 0.3) is 0 Å². The Balaban J connectivity index is 1.21. The van der Waals surface area contributed by atoms with Crippen LogP contribution in [0.2, 0.25) is 0 Å². The molecule has 1 atom stereocenters. The molecule has 32 heavy (non-hydrogen) atoms. The van der Waals surface area contributed by atoms with E-state index in [1.54, 1.807) is 0 Å². The van der Waals surface area contributed by atoms with Gasteiger partial charge in [-0.1, -0.05) is 18.2 Å². The van der Waals surface area contributed by atoms with Crippen LogP contribution in [0.25, 0.3) is 5.52 Å². The summed E-state index contributed by atoms with van der Waals surface area (Å²) in [7, 11) is 0. The first-order valence-corrected chi connectivity index (χ1v) is 12.0. The van der Waals surface area contributed by atoms with E-state index in [2.05, 4.69) is 61.8 Å². The average molecular weight is 435 g/mol. The van der Waals surface area contributed by atoms with E-state index in [-0.39, 0.29) is 0 Å². The normalized spacial score (nSPS) is 20.6. The highest BCUT2D eigenvalue weighted by Crippen LogP contribution is 2.23. The van der Waals surface area contributed by atoms with E-state index in [1.807, 2.05) is 12.4 Å². The van der Waals surface area contributed by atoms with Gasteiger partial charge in [-0.25, -0.2) is 0 Å². The van der Waals surface area contributed by atoms with Gasteiger partial charge in [0.05, 0.1) is 24.4 Å². The molecule has 0 N–H and O–H groups in total. The van der Waals surface area contributed by atoms with Crippen molar-refractivity contribution < 1.29 is 9.47 Å². The van der Waals surface area contributed by atoms with E-state index >= 15 is 0 Å². The fourth-order valence-electron chi connectivity index (χ4n) is 4.99. The van der Waals surface area contributed by atoms with Crippen LogP contribution >= 0.6 is 0 Å². The number of aromatic nitrogens is 2. The Morgan fingerprint density at radius 1 is 1.00 bits per heavy atom. The van der Waals surface area contributed by atoms with E-state index in [1.165, 1.54) is 37.0 Å². The Morgan fingerprint density at radius 2 is 1.91 bits per heavy atom. The zero-order valence-corrected chi connectivity index (χ0v) is 18.9. The third kappa shape index (κ3) is 5.31. The molecule has 0 saturated carbocycles. The van der Waals surface area contributed by atoms with E-state index in [4.69, 9.17) is 9.47 Å². The molecule has 4 heterocycles. The van der Waals surface area contributed by atoms with Crippen LogP contribution in [-0.2, 0) is 17.7 Å². The van der Waals surface area contributed by atoms with Crippen LogP contribution in [0.3, 0.4) is 0 Å². The summed E-state index contributed by atoms with van der Waals surface area (Å²) >= 11 is 0. The standard InChI is InChI=1S/C26H34N4O2/c1-2-8-26(32-17-15-28-10-3-4-11-28)23(6-1)20-29-14-16-31-21-22(19-29)18-24-25-7-5-12-30(25)13-9-27-24/h1-2,5-9,12-13,22H,3-4,10-11,14-21H2/t22-/m1/s1. The maximum atomic E-state index is 6.22. The number of fused-ring (bicyclic) bond motifs is 1. The van der Waals surface area contributed by atoms with Gasteiger partial charge in [0.1, 0.15) is 12.4 Å². The lowest BCUT2D eigenvalue weighted by atomic mass is 10.0. The van der Waals surface area contributed by atoms with Gasteiger partial charge in [0, 0.05) is 56.3 Å². The number of ether oxygens (including phenoxy) is 2. The van der Waals surface area contributed by atoms with Gasteiger partial charge in [-0.2, -0.15) is 0 Å². The molecule has 0 radical (unpaired) electrons. The van der Waals surface area contributed by atoms with Crippen molar-refractivity contribution in [3.8, 4) is 5.75 Å². The first-order chi connectivity index (χ1) is 15.8. The molecule has 0 bridgehead atoms. The summed E-state index contributed by atoms with van der Waals surface area (Å²) in [5.74, 6) is 1.45. The van der Waals surface area contributed by atoms with Crippen LogP contribution < -0.4 is 4.74 Å². The molecule has 1 aromatic carbocycles. The monoisotopic (exact) mass is 434 g/mol. The first kappa shape index (κ1) is 21.4. The van der Waals surface area contributed by atoms with Crippen LogP contribution in [0.5, 0.6) is 5.75 Å². The minimum absolute atomic E-state index is 0.425. The quantitative estimate of drug-likeness (QED) is 0.543. The van der Waals surface area contributed by atoms with Gasteiger partial charge in [0.15, 0.2) is 0 Å². The molecule has 0 unspecified atom stereocenters. The average Bonchev–Trinajstić information content (AvgIpc) is 3.46. The molecule has 2 aliphatic heterocycles. The predicted molar refractivity (Wildman–Crippen MR) is 126 cm³/mol. The molecule has 6 heteroatoms. The van der Waals surface area contributed by atoms with Crippen molar-refractivity contribution in [1.29, 1.82) is 0 Å². The lowest BCUT2D eigenvalue weighted by molar-refractivity contribution is 0.121. The Bertz CT molecular complexity index is 998. The van der Waals surface area contributed by atoms with Crippen molar-refractivity contribution in [2.45, 2.75) is 25.8 Å². The van der Waals surface area contributed by atoms with Crippen molar-refractivity contribution >= 4 is 5.52 Å². The van der Waals surface area contributed by atoms with Crippen molar-refractivity contribution in [3.05, 3.63) is 66.2 Å². The van der Waals surface area contributed by atoms with Gasteiger partial charge in [-0.3, -0.25) is 14.8 Å². The van der Waals surface area contributed by atoms with Crippen LogP contribution in [0.1, 0.15) is 24.1 Å². The largest absolute Gasteiger partial charge is 0.492 e. The van der Waals surface area contributed by atoms with Gasteiger partial charge < -0.3 is 13.9 Å². The van der Waals surface area contributed by atoms with Gasteiger partial charge in [-0.15, -0.1) is 0 Å². The van der Waals surface area contributed by atoms with Crippen LogP contribution in [0.15, 0.2) is 55.0 Å². The molecule has 2 aromatic heterocycles. The van der Waals surface area contributed by atoms with Crippen LogP contribution in [0.4, 0.5) is 0 Å². The second-order valence-electron chi connectivity index (χ2n) is 9.06. The minimum Gasteiger partial charge on any atom is -0.492 e. The molecular weight excluding hydrogens is 400 g/mol. The summed E-state index contributed by atoms with van der Waals surface area (Å²) in [6, 6.07) is 12.7. The summed E-state index contributed by atoms with van der Waals surface area (Å²) in [5, 5.41) is 0. The maximum Gasteiger partial charge on any atom is 0.123 e. The zero-order valence-electron chi connectivity index (χ0n) is 18.9. The highest BCUT2D eigenvalue weighted by atomic mass is 16.5. The van der Waals surface area contributed by atoms with Crippen molar-refractivity contribution in [2.75, 3.05) is 52.5 Å². The molecule has 0 spiro atoms. The SMILES string of the molecule is c1ccc(OCCN2CCCC2)c(CN2CCOC[C@H](Cc3nccn4cccc34)C2)c1. The van der Waals surface area contributed by atoms with Gasteiger partial charge in [0.2, 0.25) is 0 Å². The van der Waals surface area contributed by atoms with Crippen LogP contribution in [-0.4, -0.2) is 71.7 Å². The summed E-state index contributed by atoms with van der Waals surface area (Å²) in [6.07, 6.45) is 9.56. The van der Waals surface area contributed by atoms with Crippen molar-refractivity contribution in [2.24, 2.45) is 5.92 Å². The highest BCUT2D eigenvalue weighted by molar-refractivity contribution is 5.52. The number of benzene rings is 1. The summed E-state index contributed by atoms with van der Waals surface area (Å²) < 4.78 is 14.3. The molecule has 3 aromatic rings. The molecule has 6 nitrogen and oxygen atoms in total. The number of para-hydroxylation sites is 1. The molecule has 5 rings (SSSR count). The fourth-order valence-corrected chi connectivity index (χ4v) is 4.99. The number of likely N-dealkylation sites (tertiary alicyclic amines) is 1. The zero-order chi connectivity index (χ0) is 21.6. The summed E-state index contributed by atoms with van der Waals surface area (Å²) in [4.78, 5) is 9.69. The number of rotatable bonds is 8. The molecule has 2 aliphatic rings. The third-order valence-electron chi connectivity index (χ3n) is 6.67. The molecule has 0 aliphatic carbocycles. The third-order valence-corrected chi connectivity index (χ3v) is 6.67. The molecule has 170 valence electrons. The maximum absolute atomic E-state index is 6.22. The lowest BCUT2D eigenvalue weighted by Crippen LogP contribution is -2.31. The summed E-state index contributed by atoms with van der Waals surface area (Å²) in [6.45, 7) is 8.61. The lowest BCUT2D eigenvalue weighted by Gasteiger charge is -2.24. The van der Waals surface area contributed by atoms with Crippen molar-refractivity contribution in [1.82, 2.24) is 19.2 Å². The molecular formula is C26H34N4O2. The first-order valence-electron chi connectivity index (χ1n) is 12.0. The highest BCUT2D eigenvalue weighted by Gasteiger charge is 2.22. The number of hydrogen-bond donors (Lipinski definition) is 0. The smallest absolute Gasteiger partial charge is 0.123 e. The Kier molecular flexibility index (Phi) is 7.01. The minimum atomic E-state index is 0.425. The Hall–Kier alpha value is -2.41. The Morgan fingerprint density at radius 3 is 2.84 bits per heavy atom. The molecule has 0 amide bonds.